The van der Waals surface area contributed by atoms with Gasteiger partial charge in [-0.25, -0.2) is 5.10 Å². The molecule has 5 nitrogen and oxygen atoms in total. The van der Waals surface area contributed by atoms with E-state index < -0.39 is 0 Å². The van der Waals surface area contributed by atoms with Crippen LogP contribution in [0.25, 0.3) is 0 Å². The molecule has 1 amide bonds. The van der Waals surface area contributed by atoms with E-state index in [-0.39, 0.29) is 22.6 Å². The zero-order valence-electron chi connectivity index (χ0n) is 9.92. The fraction of sp³-hybridized carbons (Fsp3) is 0.545. The van der Waals surface area contributed by atoms with Crippen molar-refractivity contribution >= 4 is 17.5 Å². The molecule has 0 aliphatic heterocycles. The average Bonchev–Trinajstić information content (AvgIpc) is 2.27. The van der Waals surface area contributed by atoms with E-state index >= 15 is 0 Å². The summed E-state index contributed by atoms with van der Waals surface area (Å²) in [7, 11) is 0. The molecule has 0 spiro atoms. The van der Waals surface area contributed by atoms with Gasteiger partial charge in [-0.2, -0.15) is 5.10 Å². The molecule has 0 saturated heterocycles. The van der Waals surface area contributed by atoms with Gasteiger partial charge in [-0.05, 0) is 17.9 Å². The summed E-state index contributed by atoms with van der Waals surface area (Å²) in [6.45, 7) is 4.56. The van der Waals surface area contributed by atoms with E-state index in [1.807, 2.05) is 13.8 Å². The topological polar surface area (TPSA) is 74.8 Å². The highest BCUT2D eigenvalue weighted by Gasteiger charge is 2.18. The monoisotopic (exact) mass is 257 g/mol. The molecule has 0 unspecified atom stereocenters. The van der Waals surface area contributed by atoms with Gasteiger partial charge in [0, 0.05) is 18.5 Å². The first-order valence-electron chi connectivity index (χ1n) is 5.34. The van der Waals surface area contributed by atoms with Crippen molar-refractivity contribution in [3.05, 3.63) is 28.2 Å². The molecule has 0 atom stereocenters. The smallest absolute Gasteiger partial charge is 0.271 e. The van der Waals surface area contributed by atoms with Gasteiger partial charge in [0.25, 0.3) is 11.5 Å². The summed E-state index contributed by atoms with van der Waals surface area (Å²) >= 11 is 5.67. The first-order valence-corrected chi connectivity index (χ1v) is 5.88. The number of H-pyrrole nitrogens is 1. The largest absolute Gasteiger partial charge is 0.350 e. The van der Waals surface area contributed by atoms with Gasteiger partial charge >= 0.3 is 0 Å². The Balaban J connectivity index is 2.55. The number of nitrogens with zero attached hydrogens (tertiary/aromatic N) is 1. The van der Waals surface area contributed by atoms with Crippen LogP contribution in [0.5, 0.6) is 0 Å². The van der Waals surface area contributed by atoms with Crippen LogP contribution in [0.4, 0.5) is 0 Å². The standard InChI is InChI=1S/C11H16ClN3O2/c1-11(2,5-6-12)7-13-10(17)8-3-4-9(16)15-14-8/h3-4H,5-7H2,1-2H3,(H,13,17)(H,15,16). The van der Waals surface area contributed by atoms with Gasteiger partial charge in [-0.15, -0.1) is 11.6 Å². The Bertz CT molecular complexity index is 422. The Hall–Kier alpha value is -1.36. The van der Waals surface area contributed by atoms with E-state index in [4.69, 9.17) is 11.6 Å². The fourth-order valence-corrected chi connectivity index (χ4v) is 1.74. The van der Waals surface area contributed by atoms with E-state index in [2.05, 4.69) is 15.5 Å². The summed E-state index contributed by atoms with van der Waals surface area (Å²) < 4.78 is 0. The van der Waals surface area contributed by atoms with Gasteiger partial charge in [0.05, 0.1) is 0 Å². The Morgan fingerprint density at radius 1 is 1.53 bits per heavy atom. The maximum Gasteiger partial charge on any atom is 0.271 e. The highest BCUT2D eigenvalue weighted by Crippen LogP contribution is 2.19. The molecule has 94 valence electrons. The van der Waals surface area contributed by atoms with Gasteiger partial charge < -0.3 is 5.32 Å². The number of nitrogens with one attached hydrogen (secondary N) is 2. The highest BCUT2D eigenvalue weighted by molar-refractivity contribution is 6.17. The van der Waals surface area contributed by atoms with Crippen LogP contribution in [-0.2, 0) is 0 Å². The summed E-state index contributed by atoms with van der Waals surface area (Å²) in [5, 5.41) is 8.63. The number of carbonyl (C=O) groups is 1. The lowest BCUT2D eigenvalue weighted by atomic mass is 9.90. The van der Waals surface area contributed by atoms with Crippen LogP contribution < -0.4 is 10.9 Å². The van der Waals surface area contributed by atoms with E-state index in [0.717, 1.165) is 6.42 Å². The molecule has 0 aliphatic rings. The van der Waals surface area contributed by atoms with Gasteiger partial charge in [-0.3, -0.25) is 9.59 Å². The molecule has 6 heteroatoms. The zero-order chi connectivity index (χ0) is 12.9. The van der Waals surface area contributed by atoms with Crippen LogP contribution in [0, 0.1) is 5.41 Å². The van der Waals surface area contributed by atoms with Gasteiger partial charge in [0.15, 0.2) is 0 Å². The predicted molar refractivity (Wildman–Crippen MR) is 66.3 cm³/mol. The number of alkyl halides is 1. The van der Waals surface area contributed by atoms with Crippen molar-refractivity contribution in [2.45, 2.75) is 20.3 Å². The van der Waals surface area contributed by atoms with Gasteiger partial charge in [-0.1, -0.05) is 13.8 Å². The molecule has 1 heterocycles. The lowest BCUT2D eigenvalue weighted by molar-refractivity contribution is 0.0929. The average molecular weight is 258 g/mol. The molecule has 17 heavy (non-hydrogen) atoms. The number of halogens is 1. The molecule has 1 aromatic rings. The SMILES string of the molecule is CC(C)(CCCl)CNC(=O)c1ccc(=O)[nH]n1. The second-order valence-corrected chi connectivity index (χ2v) is 4.97. The molecular formula is C11H16ClN3O2. The molecule has 0 bridgehead atoms. The second-order valence-electron chi connectivity index (χ2n) is 4.59. The van der Waals surface area contributed by atoms with Crippen molar-refractivity contribution in [3.63, 3.8) is 0 Å². The van der Waals surface area contributed by atoms with Crippen LogP contribution in [0.15, 0.2) is 16.9 Å². The van der Waals surface area contributed by atoms with Crippen LogP contribution in [-0.4, -0.2) is 28.5 Å². The number of aromatic nitrogens is 2. The molecule has 0 saturated carbocycles. The Kier molecular flexibility index (Phi) is 4.69. The van der Waals surface area contributed by atoms with Crippen molar-refractivity contribution < 1.29 is 4.79 Å². The van der Waals surface area contributed by atoms with Crippen LogP contribution in [0.3, 0.4) is 0 Å². The van der Waals surface area contributed by atoms with Crippen LogP contribution in [0.2, 0.25) is 0 Å². The van der Waals surface area contributed by atoms with E-state index in [1.54, 1.807) is 0 Å². The van der Waals surface area contributed by atoms with Gasteiger partial charge in [0.2, 0.25) is 0 Å². The second kappa shape index (κ2) is 5.82. The molecule has 0 radical (unpaired) electrons. The number of aromatic amines is 1. The van der Waals surface area contributed by atoms with Crippen LogP contribution in [0.1, 0.15) is 30.8 Å². The summed E-state index contributed by atoms with van der Waals surface area (Å²) in [5.41, 5.74) is -0.185. The third-order valence-corrected chi connectivity index (χ3v) is 2.60. The lowest BCUT2D eigenvalue weighted by Gasteiger charge is -2.23. The third-order valence-electron chi connectivity index (χ3n) is 2.41. The van der Waals surface area contributed by atoms with Gasteiger partial charge in [0.1, 0.15) is 5.69 Å². The Labute approximate surface area is 105 Å². The predicted octanol–water partition coefficient (Wildman–Crippen LogP) is 1.15. The normalized spacial score (nSPS) is 11.2. The number of amides is 1. The number of hydrogen-bond acceptors (Lipinski definition) is 3. The van der Waals surface area contributed by atoms with Crippen molar-refractivity contribution in [1.29, 1.82) is 0 Å². The molecular weight excluding hydrogens is 242 g/mol. The number of rotatable bonds is 5. The van der Waals surface area contributed by atoms with Crippen molar-refractivity contribution in [2.75, 3.05) is 12.4 Å². The summed E-state index contributed by atoms with van der Waals surface area (Å²) in [6, 6.07) is 2.66. The first kappa shape index (κ1) is 13.7. The molecule has 0 aromatic carbocycles. The van der Waals surface area contributed by atoms with E-state index in [1.165, 1.54) is 12.1 Å². The van der Waals surface area contributed by atoms with E-state index in [9.17, 15) is 9.59 Å². The maximum absolute atomic E-state index is 11.7. The van der Waals surface area contributed by atoms with Crippen molar-refractivity contribution in [3.8, 4) is 0 Å². The maximum atomic E-state index is 11.7. The summed E-state index contributed by atoms with van der Waals surface area (Å²) in [6.07, 6.45) is 0.813. The molecule has 1 aromatic heterocycles. The quantitative estimate of drug-likeness (QED) is 0.777. The fourth-order valence-electron chi connectivity index (χ4n) is 1.23. The highest BCUT2D eigenvalue weighted by atomic mass is 35.5. The number of hydrogen-bond donors (Lipinski definition) is 2. The lowest BCUT2D eigenvalue weighted by Crippen LogP contribution is -2.35. The molecule has 0 aliphatic carbocycles. The summed E-state index contributed by atoms with van der Waals surface area (Å²) in [4.78, 5) is 22.5. The minimum absolute atomic E-state index is 0.0560. The molecule has 2 N–H and O–H groups in total. The van der Waals surface area contributed by atoms with E-state index in [0.29, 0.717) is 12.4 Å². The third kappa shape index (κ3) is 4.56. The first-order chi connectivity index (χ1) is 7.94. The summed E-state index contributed by atoms with van der Waals surface area (Å²) in [5.74, 6) is 0.253. The minimum Gasteiger partial charge on any atom is -0.350 e. The van der Waals surface area contributed by atoms with Crippen LogP contribution >= 0.6 is 11.6 Å². The minimum atomic E-state index is -0.330. The Morgan fingerprint density at radius 3 is 2.76 bits per heavy atom. The van der Waals surface area contributed by atoms with Crippen molar-refractivity contribution in [1.82, 2.24) is 15.5 Å². The number of carbonyl (C=O) groups excluding carboxylic acids is 1. The Morgan fingerprint density at radius 2 is 2.24 bits per heavy atom. The van der Waals surface area contributed by atoms with Crippen molar-refractivity contribution in [2.24, 2.45) is 5.41 Å². The zero-order valence-corrected chi connectivity index (χ0v) is 10.7. The molecule has 1 rings (SSSR count). The molecule has 0 fully saturated rings.